The molecule has 0 aliphatic carbocycles. The molecule has 2 aromatic rings. The SMILES string of the molecule is COc1ccc(C=O)cc1Cn1ncc(Cl)c(Cl)c1=O. The van der Waals surface area contributed by atoms with Gasteiger partial charge in [-0.1, -0.05) is 23.2 Å². The molecule has 20 heavy (non-hydrogen) atoms. The van der Waals surface area contributed by atoms with Crippen LogP contribution in [-0.4, -0.2) is 23.2 Å². The summed E-state index contributed by atoms with van der Waals surface area (Å²) in [5.74, 6) is 0.551. The molecular weight excluding hydrogens is 303 g/mol. The molecule has 2 rings (SSSR count). The Kier molecular flexibility index (Phi) is 4.42. The first kappa shape index (κ1) is 14.6. The largest absolute Gasteiger partial charge is 0.496 e. The van der Waals surface area contributed by atoms with Gasteiger partial charge in [0.15, 0.2) is 0 Å². The highest BCUT2D eigenvalue weighted by Crippen LogP contribution is 2.20. The summed E-state index contributed by atoms with van der Waals surface area (Å²) in [4.78, 5) is 22.7. The quantitative estimate of drug-likeness (QED) is 0.813. The average Bonchev–Trinajstić information content (AvgIpc) is 2.47. The van der Waals surface area contributed by atoms with Crippen LogP contribution in [0.4, 0.5) is 0 Å². The number of hydrogen-bond acceptors (Lipinski definition) is 4. The number of carbonyl (C=O) groups is 1. The van der Waals surface area contributed by atoms with Gasteiger partial charge in [0, 0.05) is 11.1 Å². The fourth-order valence-electron chi connectivity index (χ4n) is 1.71. The van der Waals surface area contributed by atoms with Crippen molar-refractivity contribution in [3.63, 3.8) is 0 Å². The molecular formula is C13H10Cl2N2O3. The van der Waals surface area contributed by atoms with E-state index in [9.17, 15) is 9.59 Å². The van der Waals surface area contributed by atoms with Crippen molar-refractivity contribution in [2.45, 2.75) is 6.54 Å². The third kappa shape index (κ3) is 2.84. The van der Waals surface area contributed by atoms with Gasteiger partial charge >= 0.3 is 0 Å². The Balaban J connectivity index is 2.46. The molecule has 0 bridgehead atoms. The third-order valence-electron chi connectivity index (χ3n) is 2.70. The van der Waals surface area contributed by atoms with Crippen LogP contribution in [0.25, 0.3) is 0 Å². The Labute approximate surface area is 124 Å². The number of aldehydes is 1. The van der Waals surface area contributed by atoms with Crippen LogP contribution >= 0.6 is 23.2 Å². The molecule has 0 amide bonds. The standard InChI is InChI=1S/C13H10Cl2N2O3/c1-20-11-3-2-8(7-18)4-9(11)6-17-13(19)12(15)10(14)5-16-17/h2-5,7H,6H2,1H3. The van der Waals surface area contributed by atoms with Crippen molar-refractivity contribution >= 4 is 29.5 Å². The molecule has 1 heterocycles. The fraction of sp³-hybridized carbons (Fsp3) is 0.154. The molecule has 0 unspecified atom stereocenters. The molecule has 5 nitrogen and oxygen atoms in total. The zero-order chi connectivity index (χ0) is 14.7. The van der Waals surface area contributed by atoms with E-state index in [1.807, 2.05) is 0 Å². The molecule has 0 aliphatic rings. The zero-order valence-corrected chi connectivity index (χ0v) is 12.0. The lowest BCUT2D eigenvalue weighted by Gasteiger charge is -2.10. The maximum absolute atomic E-state index is 11.9. The van der Waals surface area contributed by atoms with E-state index in [0.29, 0.717) is 23.2 Å². The second kappa shape index (κ2) is 6.07. The van der Waals surface area contributed by atoms with Gasteiger partial charge in [0.05, 0.1) is 24.9 Å². The maximum atomic E-state index is 11.9. The summed E-state index contributed by atoms with van der Waals surface area (Å²) >= 11 is 11.5. The van der Waals surface area contributed by atoms with Crippen molar-refractivity contribution in [2.75, 3.05) is 7.11 Å². The smallest absolute Gasteiger partial charge is 0.287 e. The molecule has 0 atom stereocenters. The van der Waals surface area contributed by atoms with Crippen LogP contribution < -0.4 is 10.3 Å². The van der Waals surface area contributed by atoms with Gasteiger partial charge in [-0.25, -0.2) is 4.68 Å². The Hall–Kier alpha value is -1.85. The highest BCUT2D eigenvalue weighted by atomic mass is 35.5. The second-order valence-corrected chi connectivity index (χ2v) is 4.74. The van der Waals surface area contributed by atoms with E-state index < -0.39 is 5.56 Å². The summed E-state index contributed by atoms with van der Waals surface area (Å²) in [5.41, 5.74) is 0.622. The lowest BCUT2D eigenvalue weighted by molar-refractivity contribution is 0.112. The number of carbonyl (C=O) groups excluding carboxylic acids is 1. The van der Waals surface area contributed by atoms with Gasteiger partial charge in [0.1, 0.15) is 17.1 Å². The van der Waals surface area contributed by atoms with Gasteiger partial charge in [0.25, 0.3) is 5.56 Å². The molecule has 0 N–H and O–H groups in total. The number of hydrogen-bond donors (Lipinski definition) is 0. The molecule has 0 radical (unpaired) electrons. The fourth-order valence-corrected chi connectivity index (χ4v) is 1.99. The molecule has 0 saturated heterocycles. The van der Waals surface area contributed by atoms with Crippen molar-refractivity contribution < 1.29 is 9.53 Å². The van der Waals surface area contributed by atoms with Gasteiger partial charge in [-0.15, -0.1) is 0 Å². The summed E-state index contributed by atoms with van der Waals surface area (Å²) in [6, 6.07) is 4.91. The normalized spacial score (nSPS) is 10.3. The first-order valence-corrected chi connectivity index (χ1v) is 6.35. The van der Waals surface area contributed by atoms with Gasteiger partial charge in [-0.2, -0.15) is 5.10 Å². The number of nitrogens with zero attached hydrogens (tertiary/aromatic N) is 2. The van der Waals surface area contributed by atoms with E-state index >= 15 is 0 Å². The van der Waals surface area contributed by atoms with Crippen LogP contribution in [0.15, 0.2) is 29.2 Å². The number of rotatable bonds is 4. The van der Waals surface area contributed by atoms with Gasteiger partial charge in [0.2, 0.25) is 0 Å². The Morgan fingerprint density at radius 2 is 2.15 bits per heavy atom. The molecule has 0 spiro atoms. The second-order valence-electron chi connectivity index (χ2n) is 3.96. The maximum Gasteiger partial charge on any atom is 0.287 e. The van der Waals surface area contributed by atoms with Crippen LogP contribution in [0.1, 0.15) is 15.9 Å². The van der Waals surface area contributed by atoms with Gasteiger partial charge < -0.3 is 4.74 Å². The minimum atomic E-state index is -0.502. The molecule has 1 aromatic carbocycles. The molecule has 1 aromatic heterocycles. The van der Waals surface area contributed by atoms with Crippen molar-refractivity contribution in [1.82, 2.24) is 9.78 Å². The van der Waals surface area contributed by atoms with Gasteiger partial charge in [-0.05, 0) is 18.2 Å². The van der Waals surface area contributed by atoms with Crippen molar-refractivity contribution in [2.24, 2.45) is 0 Å². The predicted octanol–water partition coefficient (Wildman–Crippen LogP) is 2.42. The third-order valence-corrected chi connectivity index (χ3v) is 3.45. The molecule has 0 aliphatic heterocycles. The first-order chi connectivity index (χ1) is 9.56. The Bertz CT molecular complexity index is 713. The van der Waals surface area contributed by atoms with Crippen LogP contribution in [0.5, 0.6) is 5.75 Å². The summed E-state index contributed by atoms with van der Waals surface area (Å²) < 4.78 is 6.35. The van der Waals surface area contributed by atoms with Crippen LogP contribution in [0.3, 0.4) is 0 Å². The van der Waals surface area contributed by atoms with E-state index in [-0.39, 0.29) is 16.6 Å². The summed E-state index contributed by atoms with van der Waals surface area (Å²) in [5, 5.41) is 3.92. The summed E-state index contributed by atoms with van der Waals surface area (Å²) in [6.45, 7) is 0.126. The monoisotopic (exact) mass is 312 g/mol. The highest BCUT2D eigenvalue weighted by molar-refractivity contribution is 6.41. The van der Waals surface area contributed by atoms with E-state index in [1.54, 1.807) is 18.2 Å². The zero-order valence-electron chi connectivity index (χ0n) is 10.5. The summed E-state index contributed by atoms with van der Waals surface area (Å²) in [6.07, 6.45) is 2.01. The summed E-state index contributed by atoms with van der Waals surface area (Å²) in [7, 11) is 1.50. The van der Waals surface area contributed by atoms with Crippen LogP contribution in [0, 0.1) is 0 Å². The number of aromatic nitrogens is 2. The molecule has 0 fully saturated rings. The van der Waals surface area contributed by atoms with Crippen LogP contribution in [-0.2, 0) is 6.54 Å². The number of methoxy groups -OCH3 is 1. The highest BCUT2D eigenvalue weighted by Gasteiger charge is 2.11. The number of halogens is 2. The van der Waals surface area contributed by atoms with Gasteiger partial charge in [-0.3, -0.25) is 9.59 Å². The van der Waals surface area contributed by atoms with E-state index in [0.717, 1.165) is 4.68 Å². The van der Waals surface area contributed by atoms with Crippen molar-refractivity contribution in [3.8, 4) is 5.75 Å². The minimum Gasteiger partial charge on any atom is -0.496 e. The van der Waals surface area contributed by atoms with Crippen LogP contribution in [0.2, 0.25) is 10.0 Å². The lowest BCUT2D eigenvalue weighted by atomic mass is 10.1. The molecule has 7 heteroatoms. The van der Waals surface area contributed by atoms with Crippen molar-refractivity contribution in [3.05, 3.63) is 55.9 Å². The molecule has 104 valence electrons. The van der Waals surface area contributed by atoms with Crippen molar-refractivity contribution in [1.29, 1.82) is 0 Å². The minimum absolute atomic E-state index is 0.0906. The van der Waals surface area contributed by atoms with E-state index in [1.165, 1.54) is 13.3 Å². The molecule has 0 saturated carbocycles. The first-order valence-electron chi connectivity index (χ1n) is 5.60. The average molecular weight is 313 g/mol. The number of ether oxygens (including phenoxy) is 1. The van der Waals surface area contributed by atoms with E-state index in [2.05, 4.69) is 5.10 Å². The topological polar surface area (TPSA) is 61.2 Å². The predicted molar refractivity (Wildman–Crippen MR) is 76.0 cm³/mol. The Morgan fingerprint density at radius 3 is 2.80 bits per heavy atom. The lowest BCUT2D eigenvalue weighted by Crippen LogP contribution is -2.24. The van der Waals surface area contributed by atoms with E-state index in [4.69, 9.17) is 27.9 Å². The number of benzene rings is 1. The Morgan fingerprint density at radius 1 is 1.40 bits per heavy atom.